The minimum atomic E-state index is -1.27. The van der Waals surface area contributed by atoms with Crippen LogP contribution in [0.25, 0.3) is 0 Å². The van der Waals surface area contributed by atoms with Gasteiger partial charge in [0, 0.05) is 58.6 Å². The van der Waals surface area contributed by atoms with E-state index in [-0.39, 0.29) is 25.7 Å². The maximum Gasteiger partial charge on any atom is 0.248 e. The Kier molecular flexibility index (Phi) is 11.2. The summed E-state index contributed by atoms with van der Waals surface area (Å²) in [6.45, 7) is 7.67. The van der Waals surface area contributed by atoms with Gasteiger partial charge in [-0.15, -0.1) is 0 Å². The first-order valence-corrected chi connectivity index (χ1v) is 14.5. The molecule has 10 heteroatoms. The van der Waals surface area contributed by atoms with Crippen LogP contribution in [-0.2, 0) is 29.0 Å². The molecule has 10 nitrogen and oxygen atoms in total. The number of rotatable bonds is 14. The number of nitrogens with zero attached hydrogens (tertiary/aromatic N) is 4. The standard InChI is InChI=1S/C32H44N4O6/c1-5-30-33-13-15-35(30)14-6-18-41-28-12-9-26(19-29(28)40-4)20-34-16-17-36(31(37)21-39-3)23-32(38,22-34)24-42-27-10-7-25(2)8-11-27/h7-13,15,19,38H,5-6,14,16-18,20-24H2,1-4H3/t32-/m1/s1. The van der Waals surface area contributed by atoms with E-state index in [2.05, 4.69) is 21.4 Å². The molecule has 1 aliphatic heterocycles. The lowest BCUT2D eigenvalue weighted by molar-refractivity contribution is -0.138. The summed E-state index contributed by atoms with van der Waals surface area (Å²) in [5.41, 5.74) is 0.874. The predicted octanol–water partition coefficient (Wildman–Crippen LogP) is 3.33. The molecule has 1 saturated heterocycles. The number of aryl methyl sites for hydroxylation is 3. The molecule has 1 fully saturated rings. The predicted molar refractivity (Wildman–Crippen MR) is 160 cm³/mol. The van der Waals surface area contributed by atoms with Crippen LogP contribution in [0.3, 0.4) is 0 Å². The maximum atomic E-state index is 12.7. The van der Waals surface area contributed by atoms with Crippen molar-refractivity contribution < 1.29 is 28.8 Å². The number of amides is 1. The zero-order chi connectivity index (χ0) is 30.0. The van der Waals surface area contributed by atoms with Gasteiger partial charge < -0.3 is 33.5 Å². The first-order valence-electron chi connectivity index (χ1n) is 14.5. The number of aromatic nitrogens is 2. The molecule has 0 saturated carbocycles. The fourth-order valence-corrected chi connectivity index (χ4v) is 5.21. The molecular weight excluding hydrogens is 536 g/mol. The molecule has 1 amide bonds. The number of aliphatic hydroxyl groups is 1. The summed E-state index contributed by atoms with van der Waals surface area (Å²) in [6, 6.07) is 13.6. The van der Waals surface area contributed by atoms with Crippen LogP contribution in [0.2, 0.25) is 0 Å². The summed E-state index contributed by atoms with van der Waals surface area (Å²) in [6.07, 6.45) is 5.58. The van der Waals surface area contributed by atoms with E-state index in [1.54, 1.807) is 12.0 Å². The summed E-state index contributed by atoms with van der Waals surface area (Å²) < 4.78 is 24.9. The molecule has 1 N–H and O–H groups in total. The van der Waals surface area contributed by atoms with Crippen LogP contribution in [0.5, 0.6) is 17.2 Å². The molecule has 2 aromatic carbocycles. The number of hydrogen-bond acceptors (Lipinski definition) is 8. The minimum Gasteiger partial charge on any atom is -0.493 e. The second-order valence-corrected chi connectivity index (χ2v) is 10.9. The fraction of sp³-hybridized carbons (Fsp3) is 0.500. The Labute approximate surface area is 248 Å². The Balaban J connectivity index is 1.40. The Morgan fingerprint density at radius 2 is 1.86 bits per heavy atom. The molecule has 0 bridgehead atoms. The van der Waals surface area contributed by atoms with E-state index in [9.17, 15) is 9.90 Å². The lowest BCUT2D eigenvalue weighted by atomic mass is 10.0. The van der Waals surface area contributed by atoms with E-state index >= 15 is 0 Å². The van der Waals surface area contributed by atoms with Crippen LogP contribution in [0.15, 0.2) is 54.9 Å². The summed E-state index contributed by atoms with van der Waals surface area (Å²) in [5.74, 6) is 2.95. The van der Waals surface area contributed by atoms with Crippen LogP contribution in [0.1, 0.15) is 30.3 Å². The largest absolute Gasteiger partial charge is 0.493 e. The third-order valence-corrected chi connectivity index (χ3v) is 7.39. The fourth-order valence-electron chi connectivity index (χ4n) is 5.21. The highest BCUT2D eigenvalue weighted by Gasteiger charge is 2.37. The molecule has 1 atom stereocenters. The van der Waals surface area contributed by atoms with Crippen LogP contribution in [-0.4, -0.2) is 96.2 Å². The second kappa shape index (κ2) is 15.0. The molecule has 1 aliphatic rings. The second-order valence-electron chi connectivity index (χ2n) is 10.9. The summed E-state index contributed by atoms with van der Waals surface area (Å²) in [4.78, 5) is 20.9. The number of imidazole rings is 1. The van der Waals surface area contributed by atoms with E-state index in [1.807, 2.05) is 61.8 Å². The van der Waals surface area contributed by atoms with Gasteiger partial charge in [-0.25, -0.2) is 4.98 Å². The number of β-amino-alcohol motifs (C(OH)–C–C–N with tert-alkyl or cyclic N) is 1. The van der Waals surface area contributed by atoms with Crippen LogP contribution < -0.4 is 14.2 Å². The Morgan fingerprint density at radius 1 is 1.05 bits per heavy atom. The van der Waals surface area contributed by atoms with E-state index < -0.39 is 5.60 Å². The highest BCUT2D eigenvalue weighted by molar-refractivity contribution is 5.77. The quantitative estimate of drug-likeness (QED) is 0.290. The molecule has 42 heavy (non-hydrogen) atoms. The topological polar surface area (TPSA) is 98.5 Å². The molecule has 4 rings (SSSR count). The smallest absolute Gasteiger partial charge is 0.248 e. The lowest BCUT2D eigenvalue weighted by Gasteiger charge is -2.33. The van der Waals surface area contributed by atoms with Crippen LogP contribution >= 0.6 is 0 Å². The van der Waals surface area contributed by atoms with Crippen molar-refractivity contribution >= 4 is 5.91 Å². The van der Waals surface area contributed by atoms with E-state index in [0.717, 1.165) is 36.3 Å². The molecule has 3 aromatic rings. The minimum absolute atomic E-state index is 0.0321. The van der Waals surface area contributed by atoms with E-state index in [1.165, 1.54) is 7.11 Å². The molecule has 1 aromatic heterocycles. The summed E-state index contributed by atoms with van der Waals surface area (Å²) >= 11 is 0. The number of ether oxygens (including phenoxy) is 4. The number of methoxy groups -OCH3 is 2. The van der Waals surface area contributed by atoms with Crippen molar-refractivity contribution in [3.63, 3.8) is 0 Å². The average Bonchev–Trinajstić information content (AvgIpc) is 3.38. The SMILES string of the molecule is CCc1nccn1CCCOc1ccc(CN2CCN(C(=O)COC)C[C@@](O)(COc3ccc(C)cc3)C2)cc1OC. The highest BCUT2D eigenvalue weighted by Crippen LogP contribution is 2.29. The molecule has 0 unspecified atom stereocenters. The van der Waals surface area contributed by atoms with Gasteiger partial charge in [0.05, 0.1) is 20.3 Å². The van der Waals surface area contributed by atoms with Crippen molar-refractivity contribution in [1.82, 2.24) is 19.4 Å². The molecular formula is C32H44N4O6. The first kappa shape index (κ1) is 31.3. The number of hydrogen-bond donors (Lipinski definition) is 1. The van der Waals surface area contributed by atoms with E-state index in [0.29, 0.717) is 50.0 Å². The Bertz CT molecular complexity index is 1280. The number of carbonyl (C=O) groups is 1. The zero-order valence-electron chi connectivity index (χ0n) is 25.3. The molecule has 0 radical (unpaired) electrons. The monoisotopic (exact) mass is 580 g/mol. The molecule has 228 valence electrons. The van der Waals surface area contributed by atoms with Crippen LogP contribution in [0, 0.1) is 6.92 Å². The molecule has 2 heterocycles. The molecule has 0 spiro atoms. The zero-order valence-corrected chi connectivity index (χ0v) is 25.3. The van der Waals surface area contributed by atoms with Crippen molar-refractivity contribution in [2.24, 2.45) is 0 Å². The third kappa shape index (κ3) is 8.70. The van der Waals surface area contributed by atoms with Crippen molar-refractivity contribution in [1.29, 1.82) is 0 Å². The maximum absolute atomic E-state index is 12.7. The van der Waals surface area contributed by atoms with Crippen molar-refractivity contribution in [2.75, 3.05) is 60.2 Å². The van der Waals surface area contributed by atoms with Gasteiger partial charge in [0.1, 0.15) is 30.4 Å². The first-order chi connectivity index (χ1) is 20.3. The van der Waals surface area contributed by atoms with Crippen molar-refractivity contribution in [2.45, 2.75) is 45.4 Å². The lowest BCUT2D eigenvalue weighted by Crippen LogP contribution is -2.52. The Hall–Kier alpha value is -3.60. The van der Waals surface area contributed by atoms with Gasteiger partial charge in [-0.05, 0) is 43.2 Å². The van der Waals surface area contributed by atoms with Gasteiger partial charge in [0.15, 0.2) is 11.5 Å². The average molecular weight is 581 g/mol. The normalized spacial score (nSPS) is 17.6. The highest BCUT2D eigenvalue weighted by atomic mass is 16.5. The van der Waals surface area contributed by atoms with Gasteiger partial charge >= 0.3 is 0 Å². The van der Waals surface area contributed by atoms with Gasteiger partial charge in [0.25, 0.3) is 0 Å². The van der Waals surface area contributed by atoms with Gasteiger partial charge in [-0.3, -0.25) is 9.69 Å². The van der Waals surface area contributed by atoms with Crippen molar-refractivity contribution in [3.8, 4) is 17.2 Å². The van der Waals surface area contributed by atoms with Crippen molar-refractivity contribution in [3.05, 3.63) is 71.8 Å². The molecule has 0 aliphatic carbocycles. The summed E-state index contributed by atoms with van der Waals surface area (Å²) in [5, 5.41) is 11.7. The summed E-state index contributed by atoms with van der Waals surface area (Å²) in [7, 11) is 3.13. The Morgan fingerprint density at radius 3 is 2.60 bits per heavy atom. The van der Waals surface area contributed by atoms with Gasteiger partial charge in [-0.1, -0.05) is 30.7 Å². The van der Waals surface area contributed by atoms with E-state index in [4.69, 9.17) is 18.9 Å². The number of carbonyl (C=O) groups excluding carboxylic acids is 1. The van der Waals surface area contributed by atoms with Crippen LogP contribution in [0.4, 0.5) is 0 Å². The van der Waals surface area contributed by atoms with Gasteiger partial charge in [-0.2, -0.15) is 0 Å². The third-order valence-electron chi connectivity index (χ3n) is 7.39. The van der Waals surface area contributed by atoms with Gasteiger partial charge in [0.2, 0.25) is 5.91 Å². The number of benzene rings is 2.